The number of nitrogens with zero attached hydrogens (tertiary/aromatic N) is 2. The van der Waals surface area contributed by atoms with Crippen LogP contribution in [-0.4, -0.2) is 41.0 Å². The molecule has 1 atom stereocenters. The van der Waals surface area contributed by atoms with Crippen LogP contribution in [0.3, 0.4) is 0 Å². The highest BCUT2D eigenvalue weighted by atomic mass is 16.5. The number of carbonyl (C=O) groups excluding carboxylic acids is 2. The molecule has 2 aliphatic rings. The fraction of sp³-hybridized carbons (Fsp3) is 0.450. The Balaban J connectivity index is 1.65. The number of carbonyl (C=O) groups is 2. The van der Waals surface area contributed by atoms with Crippen LogP contribution in [0.1, 0.15) is 47.8 Å². The minimum Gasteiger partial charge on any atom is -0.449 e. The number of likely N-dealkylation sites (tertiary alicyclic amines) is 1. The average Bonchev–Trinajstić information content (AvgIpc) is 3.30. The molecule has 1 fully saturated rings. The summed E-state index contributed by atoms with van der Waals surface area (Å²) in [6.45, 7) is 3.19. The number of amides is 1. The molecule has 0 spiro atoms. The van der Waals surface area contributed by atoms with Gasteiger partial charge < -0.3 is 9.64 Å². The van der Waals surface area contributed by atoms with Crippen LogP contribution in [-0.2, 0) is 22.4 Å². The number of pyridine rings is 1. The Morgan fingerprint density at radius 2 is 1.88 bits per heavy atom. The molecule has 0 unspecified atom stereocenters. The number of aryl methyl sites for hydroxylation is 1. The third-order valence-electron chi connectivity index (χ3n) is 5.17. The quantitative estimate of drug-likeness (QED) is 0.808. The molecule has 4 rings (SSSR count). The number of hydrogen-bond donors (Lipinski definition) is 0. The van der Waals surface area contributed by atoms with E-state index >= 15 is 0 Å². The van der Waals surface area contributed by atoms with Crippen LogP contribution < -0.4 is 0 Å². The summed E-state index contributed by atoms with van der Waals surface area (Å²) in [5.41, 5.74) is 3.39. The average molecular weight is 338 g/mol. The number of benzene rings is 1. The second kappa shape index (κ2) is 6.47. The second-order valence-corrected chi connectivity index (χ2v) is 6.86. The fourth-order valence-corrected chi connectivity index (χ4v) is 3.91. The fourth-order valence-electron chi connectivity index (χ4n) is 3.91. The monoisotopic (exact) mass is 338 g/mol. The van der Waals surface area contributed by atoms with Crippen LogP contribution in [0, 0.1) is 0 Å². The molecule has 0 N–H and O–H groups in total. The van der Waals surface area contributed by atoms with Crippen molar-refractivity contribution in [3.05, 3.63) is 41.1 Å². The van der Waals surface area contributed by atoms with Gasteiger partial charge in [0.05, 0.1) is 11.1 Å². The van der Waals surface area contributed by atoms with Crippen LogP contribution in [0.4, 0.5) is 0 Å². The molecule has 1 aromatic carbocycles. The van der Waals surface area contributed by atoms with E-state index in [-0.39, 0.29) is 5.91 Å². The standard InChI is InChI=1S/C20H22N2O3/c1-13(19(23)22-11-4-5-12-22)25-20(24)18-14-7-2-3-9-16(14)21-17-10-6-8-15(17)18/h2-3,7,9,13H,4-6,8,10-12H2,1H3/t13-/m0/s1. The highest BCUT2D eigenvalue weighted by molar-refractivity contribution is 6.06. The minimum atomic E-state index is -0.755. The molecule has 0 bridgehead atoms. The van der Waals surface area contributed by atoms with Crippen molar-refractivity contribution in [2.24, 2.45) is 0 Å². The number of ether oxygens (including phenoxy) is 1. The Hall–Kier alpha value is -2.43. The smallest absolute Gasteiger partial charge is 0.339 e. The van der Waals surface area contributed by atoms with Crippen LogP contribution in [0.2, 0.25) is 0 Å². The van der Waals surface area contributed by atoms with Gasteiger partial charge in [-0.15, -0.1) is 0 Å². The molecule has 0 saturated carbocycles. The summed E-state index contributed by atoms with van der Waals surface area (Å²) in [4.78, 5) is 31.9. The van der Waals surface area contributed by atoms with Crippen molar-refractivity contribution in [3.63, 3.8) is 0 Å². The predicted octanol–water partition coefficient (Wildman–Crippen LogP) is 2.89. The molecule has 1 aliphatic carbocycles. The van der Waals surface area contributed by atoms with Gasteiger partial charge >= 0.3 is 5.97 Å². The summed E-state index contributed by atoms with van der Waals surface area (Å²) in [6.07, 6.45) is 4.02. The van der Waals surface area contributed by atoms with Crippen molar-refractivity contribution in [2.45, 2.75) is 45.1 Å². The maximum atomic E-state index is 12.9. The van der Waals surface area contributed by atoms with Gasteiger partial charge in [0.1, 0.15) is 0 Å². The van der Waals surface area contributed by atoms with Gasteiger partial charge in [-0.3, -0.25) is 9.78 Å². The maximum Gasteiger partial charge on any atom is 0.339 e. The topological polar surface area (TPSA) is 59.5 Å². The molecule has 2 aromatic rings. The second-order valence-electron chi connectivity index (χ2n) is 6.86. The van der Waals surface area contributed by atoms with Gasteiger partial charge in [-0.05, 0) is 50.7 Å². The minimum absolute atomic E-state index is 0.0964. The van der Waals surface area contributed by atoms with Crippen molar-refractivity contribution in [3.8, 4) is 0 Å². The highest BCUT2D eigenvalue weighted by Crippen LogP contribution is 2.30. The third kappa shape index (κ3) is 2.88. The lowest BCUT2D eigenvalue weighted by Crippen LogP contribution is -2.38. The highest BCUT2D eigenvalue weighted by Gasteiger charge is 2.29. The lowest BCUT2D eigenvalue weighted by atomic mass is 10.0. The molecule has 2 heterocycles. The first-order valence-electron chi connectivity index (χ1n) is 9.05. The first-order chi connectivity index (χ1) is 12.1. The van der Waals surface area contributed by atoms with Crippen molar-refractivity contribution < 1.29 is 14.3 Å². The Labute approximate surface area is 147 Å². The maximum absolute atomic E-state index is 12.9. The van der Waals surface area contributed by atoms with E-state index in [9.17, 15) is 9.59 Å². The predicted molar refractivity (Wildman–Crippen MR) is 94.5 cm³/mol. The summed E-state index contributed by atoms with van der Waals surface area (Å²) < 4.78 is 5.59. The van der Waals surface area contributed by atoms with Crippen LogP contribution >= 0.6 is 0 Å². The summed E-state index contributed by atoms with van der Waals surface area (Å²) >= 11 is 0. The van der Waals surface area contributed by atoms with E-state index in [1.54, 1.807) is 11.8 Å². The van der Waals surface area contributed by atoms with Crippen molar-refractivity contribution in [1.82, 2.24) is 9.88 Å². The SMILES string of the molecule is C[C@H](OC(=O)c1c2c(nc3ccccc13)CCC2)C(=O)N1CCCC1. The zero-order valence-electron chi connectivity index (χ0n) is 14.5. The molecule has 25 heavy (non-hydrogen) atoms. The van der Waals surface area contributed by atoms with E-state index in [4.69, 9.17) is 9.72 Å². The molecule has 130 valence electrons. The Kier molecular flexibility index (Phi) is 4.15. The van der Waals surface area contributed by atoms with E-state index in [0.29, 0.717) is 5.56 Å². The molecule has 1 aromatic heterocycles. The Bertz CT molecular complexity index is 840. The van der Waals surface area contributed by atoms with E-state index < -0.39 is 12.1 Å². The molecule has 1 aliphatic heterocycles. The van der Waals surface area contributed by atoms with Gasteiger partial charge in [0, 0.05) is 24.2 Å². The van der Waals surface area contributed by atoms with E-state index in [1.165, 1.54) is 0 Å². The number of esters is 1. The summed E-state index contributed by atoms with van der Waals surface area (Å²) in [7, 11) is 0. The first-order valence-corrected chi connectivity index (χ1v) is 9.05. The number of aromatic nitrogens is 1. The number of hydrogen-bond acceptors (Lipinski definition) is 4. The zero-order valence-corrected chi connectivity index (χ0v) is 14.5. The zero-order chi connectivity index (χ0) is 17.4. The molecular formula is C20H22N2O3. The number of fused-ring (bicyclic) bond motifs is 2. The van der Waals surface area contributed by atoms with Gasteiger partial charge in [0.2, 0.25) is 0 Å². The Morgan fingerprint density at radius 1 is 1.12 bits per heavy atom. The largest absolute Gasteiger partial charge is 0.449 e. The van der Waals surface area contributed by atoms with Gasteiger partial charge in [0.15, 0.2) is 6.10 Å². The van der Waals surface area contributed by atoms with E-state index in [1.807, 2.05) is 24.3 Å². The van der Waals surface area contributed by atoms with Gasteiger partial charge in [0.25, 0.3) is 5.91 Å². The van der Waals surface area contributed by atoms with Crippen LogP contribution in [0.5, 0.6) is 0 Å². The van der Waals surface area contributed by atoms with Crippen molar-refractivity contribution in [1.29, 1.82) is 0 Å². The van der Waals surface area contributed by atoms with Crippen molar-refractivity contribution in [2.75, 3.05) is 13.1 Å². The lowest BCUT2D eigenvalue weighted by Gasteiger charge is -2.21. The van der Waals surface area contributed by atoms with Gasteiger partial charge in [-0.25, -0.2) is 4.79 Å². The molecular weight excluding hydrogens is 316 g/mol. The third-order valence-corrected chi connectivity index (χ3v) is 5.17. The summed E-state index contributed by atoms with van der Waals surface area (Å²) in [5, 5.41) is 0.814. The molecule has 5 nitrogen and oxygen atoms in total. The summed E-state index contributed by atoms with van der Waals surface area (Å²) in [5.74, 6) is -0.502. The molecule has 5 heteroatoms. The van der Waals surface area contributed by atoms with E-state index in [2.05, 4.69) is 0 Å². The lowest BCUT2D eigenvalue weighted by molar-refractivity contribution is -0.138. The van der Waals surface area contributed by atoms with E-state index in [0.717, 1.165) is 67.4 Å². The first kappa shape index (κ1) is 16.1. The molecule has 0 radical (unpaired) electrons. The molecule has 1 saturated heterocycles. The number of para-hydroxylation sites is 1. The summed E-state index contributed by atoms with van der Waals surface area (Å²) in [6, 6.07) is 7.65. The van der Waals surface area contributed by atoms with Crippen molar-refractivity contribution >= 4 is 22.8 Å². The van der Waals surface area contributed by atoms with Gasteiger partial charge in [-0.2, -0.15) is 0 Å². The normalized spacial score (nSPS) is 17.6. The number of rotatable bonds is 3. The molecule has 1 amide bonds. The van der Waals surface area contributed by atoms with Crippen LogP contribution in [0.25, 0.3) is 10.9 Å². The van der Waals surface area contributed by atoms with Crippen LogP contribution in [0.15, 0.2) is 24.3 Å². The van der Waals surface area contributed by atoms with Gasteiger partial charge in [-0.1, -0.05) is 18.2 Å². The Morgan fingerprint density at radius 3 is 2.68 bits per heavy atom.